The Hall–Kier alpha value is -0.230. The number of aliphatic carboxylic acids is 1. The molecule has 8 heteroatoms. The summed E-state index contributed by atoms with van der Waals surface area (Å²) in [4.78, 5) is 10.4. The van der Waals surface area contributed by atoms with Crippen molar-refractivity contribution in [3.63, 3.8) is 0 Å². The SMILES string of the molecule is O=C(O)CC1=C(Cl)S(=O)(=O)C(Cl)=C1Cl. The highest BCUT2D eigenvalue weighted by Crippen LogP contribution is 2.43. The maximum atomic E-state index is 11.2. The zero-order chi connectivity index (χ0) is 11.1. The number of carboxylic acid groups (broad SMARTS) is 1. The van der Waals surface area contributed by atoms with Crippen molar-refractivity contribution in [3.8, 4) is 0 Å². The molecule has 0 aromatic carbocycles. The number of hydrogen-bond donors (Lipinski definition) is 1. The number of allylic oxidation sites excluding steroid dienone is 1. The van der Waals surface area contributed by atoms with Crippen LogP contribution < -0.4 is 0 Å². The van der Waals surface area contributed by atoms with E-state index in [-0.39, 0.29) is 10.6 Å². The molecule has 1 aliphatic rings. The fourth-order valence-electron chi connectivity index (χ4n) is 0.862. The predicted molar refractivity (Wildman–Crippen MR) is 52.8 cm³/mol. The van der Waals surface area contributed by atoms with Crippen LogP contribution >= 0.6 is 34.8 Å². The third-order valence-electron chi connectivity index (χ3n) is 1.47. The van der Waals surface area contributed by atoms with Crippen LogP contribution in [0.3, 0.4) is 0 Å². The van der Waals surface area contributed by atoms with E-state index in [0.717, 1.165) is 0 Å². The van der Waals surface area contributed by atoms with Crippen LogP contribution in [0, 0.1) is 0 Å². The molecule has 1 rings (SSSR count). The Morgan fingerprint density at radius 1 is 1.21 bits per heavy atom. The zero-order valence-corrected chi connectivity index (χ0v) is 9.51. The molecule has 0 aromatic heterocycles. The van der Waals surface area contributed by atoms with Gasteiger partial charge in [0.1, 0.15) is 4.36 Å². The van der Waals surface area contributed by atoms with Crippen LogP contribution in [0.5, 0.6) is 0 Å². The summed E-state index contributed by atoms with van der Waals surface area (Å²) in [6.45, 7) is 0. The highest BCUT2D eigenvalue weighted by molar-refractivity contribution is 8.02. The molecule has 0 aliphatic carbocycles. The molecule has 0 unspecified atom stereocenters. The van der Waals surface area contributed by atoms with Gasteiger partial charge in [0.15, 0.2) is 4.36 Å². The van der Waals surface area contributed by atoms with Gasteiger partial charge >= 0.3 is 5.97 Å². The molecular weight excluding hydrogens is 274 g/mol. The summed E-state index contributed by atoms with van der Waals surface area (Å²) < 4.78 is 21.2. The number of carbonyl (C=O) groups is 1. The third kappa shape index (κ3) is 1.77. The second-order valence-corrected chi connectivity index (χ2v) is 5.82. The largest absolute Gasteiger partial charge is 0.481 e. The fraction of sp³-hybridized carbons (Fsp3) is 0.167. The van der Waals surface area contributed by atoms with Gasteiger partial charge in [0.2, 0.25) is 9.84 Å². The van der Waals surface area contributed by atoms with E-state index in [1.165, 1.54) is 0 Å². The van der Waals surface area contributed by atoms with Crippen molar-refractivity contribution in [1.82, 2.24) is 0 Å². The molecule has 1 heterocycles. The van der Waals surface area contributed by atoms with Crippen molar-refractivity contribution in [2.24, 2.45) is 0 Å². The first-order valence-electron chi connectivity index (χ1n) is 3.19. The van der Waals surface area contributed by atoms with Gasteiger partial charge in [0, 0.05) is 5.57 Å². The van der Waals surface area contributed by atoms with Gasteiger partial charge < -0.3 is 5.11 Å². The lowest BCUT2D eigenvalue weighted by Crippen LogP contribution is -1.98. The molecule has 0 saturated heterocycles. The molecule has 0 bridgehead atoms. The fourth-order valence-corrected chi connectivity index (χ4v) is 3.30. The molecule has 0 amide bonds. The van der Waals surface area contributed by atoms with Crippen molar-refractivity contribution in [3.05, 3.63) is 19.3 Å². The Labute approximate surface area is 94.7 Å². The summed E-state index contributed by atoms with van der Waals surface area (Å²) in [7, 11) is -3.95. The quantitative estimate of drug-likeness (QED) is 0.838. The van der Waals surface area contributed by atoms with Crippen LogP contribution in [-0.2, 0) is 14.6 Å². The van der Waals surface area contributed by atoms with Crippen molar-refractivity contribution in [2.75, 3.05) is 0 Å². The predicted octanol–water partition coefficient (Wildman–Crippen LogP) is 1.99. The van der Waals surface area contributed by atoms with Crippen LogP contribution in [0.15, 0.2) is 19.3 Å². The zero-order valence-electron chi connectivity index (χ0n) is 6.42. The number of hydrogen-bond acceptors (Lipinski definition) is 3. The number of carboxylic acids is 1. The second-order valence-electron chi connectivity index (χ2n) is 2.41. The average molecular weight is 278 g/mol. The third-order valence-corrected chi connectivity index (χ3v) is 5.13. The van der Waals surface area contributed by atoms with Crippen molar-refractivity contribution >= 4 is 50.6 Å². The van der Waals surface area contributed by atoms with E-state index in [9.17, 15) is 13.2 Å². The second kappa shape index (κ2) is 3.73. The van der Waals surface area contributed by atoms with Gasteiger partial charge in [-0.2, -0.15) is 0 Å². The van der Waals surface area contributed by atoms with E-state index >= 15 is 0 Å². The van der Waals surface area contributed by atoms with E-state index in [2.05, 4.69) is 0 Å². The Morgan fingerprint density at radius 2 is 1.71 bits per heavy atom. The molecule has 0 atom stereocenters. The van der Waals surface area contributed by atoms with Gasteiger partial charge in [-0.1, -0.05) is 34.8 Å². The van der Waals surface area contributed by atoms with Crippen LogP contribution in [0.2, 0.25) is 0 Å². The Morgan fingerprint density at radius 3 is 2.00 bits per heavy atom. The van der Waals surface area contributed by atoms with E-state index < -0.39 is 31.0 Å². The summed E-state index contributed by atoms with van der Waals surface area (Å²) in [5, 5.41) is 8.13. The lowest BCUT2D eigenvalue weighted by molar-refractivity contribution is -0.136. The topological polar surface area (TPSA) is 71.4 Å². The van der Waals surface area contributed by atoms with Crippen LogP contribution in [0.4, 0.5) is 0 Å². The summed E-state index contributed by atoms with van der Waals surface area (Å²) >= 11 is 16.3. The standard InChI is InChI=1S/C6H3Cl3O4S/c7-4-2(1-3(10)11)5(8)14(12,13)6(4)9/h1H2,(H,10,11). The van der Waals surface area contributed by atoms with Crippen molar-refractivity contribution < 1.29 is 18.3 Å². The van der Waals surface area contributed by atoms with Gasteiger partial charge in [-0.25, -0.2) is 8.42 Å². The summed E-state index contributed by atoms with van der Waals surface area (Å²) in [5.74, 6) is -1.24. The maximum absolute atomic E-state index is 11.2. The van der Waals surface area contributed by atoms with Crippen LogP contribution in [0.25, 0.3) is 0 Å². The maximum Gasteiger partial charge on any atom is 0.307 e. The van der Waals surface area contributed by atoms with Gasteiger partial charge in [-0.05, 0) is 0 Å². The minimum atomic E-state index is -3.95. The highest BCUT2D eigenvalue weighted by atomic mass is 35.5. The summed E-state index contributed by atoms with van der Waals surface area (Å²) in [6, 6.07) is 0. The van der Waals surface area contributed by atoms with Gasteiger partial charge in [0.05, 0.1) is 11.5 Å². The molecule has 78 valence electrons. The number of rotatable bonds is 2. The molecule has 14 heavy (non-hydrogen) atoms. The van der Waals surface area contributed by atoms with Crippen LogP contribution in [-0.4, -0.2) is 19.5 Å². The number of halogens is 3. The minimum Gasteiger partial charge on any atom is -0.481 e. The first-order chi connectivity index (χ1) is 6.28. The molecule has 0 fully saturated rings. The van der Waals surface area contributed by atoms with Gasteiger partial charge in [-0.15, -0.1) is 0 Å². The van der Waals surface area contributed by atoms with Crippen molar-refractivity contribution in [1.29, 1.82) is 0 Å². The normalized spacial score (nSPS) is 20.5. The Balaban J connectivity index is 3.32. The lowest BCUT2D eigenvalue weighted by Gasteiger charge is -1.96. The molecular formula is C6H3Cl3O4S. The smallest absolute Gasteiger partial charge is 0.307 e. The van der Waals surface area contributed by atoms with E-state index in [0.29, 0.717) is 0 Å². The van der Waals surface area contributed by atoms with Crippen molar-refractivity contribution in [2.45, 2.75) is 6.42 Å². The molecule has 0 spiro atoms. The summed E-state index contributed by atoms with van der Waals surface area (Å²) in [5.41, 5.74) is -0.175. The first kappa shape index (κ1) is 11.8. The first-order valence-corrected chi connectivity index (χ1v) is 5.81. The van der Waals surface area contributed by atoms with Gasteiger partial charge in [-0.3, -0.25) is 4.79 Å². The molecule has 1 aliphatic heterocycles. The van der Waals surface area contributed by atoms with E-state index in [1.807, 2.05) is 0 Å². The molecule has 0 saturated carbocycles. The molecule has 0 aromatic rings. The molecule has 4 nitrogen and oxygen atoms in total. The van der Waals surface area contributed by atoms with E-state index in [4.69, 9.17) is 39.9 Å². The lowest BCUT2D eigenvalue weighted by atomic mass is 10.2. The highest BCUT2D eigenvalue weighted by Gasteiger charge is 2.36. The van der Waals surface area contributed by atoms with Crippen LogP contribution in [0.1, 0.15) is 6.42 Å². The average Bonchev–Trinajstić information content (AvgIpc) is 2.20. The summed E-state index contributed by atoms with van der Waals surface area (Å²) in [6.07, 6.45) is -0.576. The minimum absolute atomic E-state index is 0.175. The molecule has 0 radical (unpaired) electrons. The number of sulfone groups is 1. The Bertz CT molecular complexity index is 459. The monoisotopic (exact) mass is 276 g/mol. The van der Waals surface area contributed by atoms with E-state index in [1.54, 1.807) is 0 Å². The van der Waals surface area contributed by atoms with Gasteiger partial charge in [0.25, 0.3) is 0 Å². The Kier molecular flexibility index (Phi) is 3.16. The molecule has 1 N–H and O–H groups in total.